The molecule has 0 unspecified atom stereocenters. The molecule has 1 aliphatic heterocycles. The second-order valence-corrected chi connectivity index (χ2v) is 6.63. The van der Waals surface area contributed by atoms with Gasteiger partial charge in [0.05, 0.1) is 12.5 Å². The van der Waals surface area contributed by atoms with E-state index in [1.54, 1.807) is 25.9 Å². The molecule has 0 atom stereocenters. The van der Waals surface area contributed by atoms with Crippen molar-refractivity contribution in [1.29, 1.82) is 0 Å². The summed E-state index contributed by atoms with van der Waals surface area (Å²) in [5, 5.41) is 2.81. The number of hydrogen-bond donors (Lipinski definition) is 1. The standard InChI is InChI=1S/C17H24N2O3/c1-16(2,12-7-6-8-13(11-12)22-5)15(21)19-10-9-18-14(20)17(19,3)4/h6-8,11H,9-10H2,1-5H3,(H,18,20). The molecule has 1 fully saturated rings. The number of methoxy groups -OCH3 is 1. The first-order valence-electron chi connectivity index (χ1n) is 7.46. The van der Waals surface area contributed by atoms with E-state index in [1.807, 2.05) is 38.1 Å². The van der Waals surface area contributed by atoms with Crippen molar-refractivity contribution in [3.8, 4) is 5.75 Å². The highest BCUT2D eigenvalue weighted by molar-refractivity contribution is 5.95. The second-order valence-electron chi connectivity index (χ2n) is 6.63. The summed E-state index contributed by atoms with van der Waals surface area (Å²) < 4.78 is 5.24. The summed E-state index contributed by atoms with van der Waals surface area (Å²) in [5.74, 6) is 0.545. The molecule has 1 aromatic carbocycles. The van der Waals surface area contributed by atoms with E-state index in [9.17, 15) is 9.59 Å². The van der Waals surface area contributed by atoms with Crippen LogP contribution in [0.5, 0.6) is 5.75 Å². The van der Waals surface area contributed by atoms with Crippen LogP contribution in [0.2, 0.25) is 0 Å². The first-order chi connectivity index (χ1) is 10.2. The van der Waals surface area contributed by atoms with Crippen molar-refractivity contribution < 1.29 is 14.3 Å². The summed E-state index contributed by atoms with van der Waals surface area (Å²) >= 11 is 0. The van der Waals surface area contributed by atoms with Gasteiger partial charge in [-0.1, -0.05) is 12.1 Å². The van der Waals surface area contributed by atoms with Crippen LogP contribution >= 0.6 is 0 Å². The molecule has 1 aromatic rings. The fourth-order valence-corrected chi connectivity index (χ4v) is 2.73. The second kappa shape index (κ2) is 5.63. The highest BCUT2D eigenvalue weighted by Gasteiger charge is 2.45. The number of hydrogen-bond acceptors (Lipinski definition) is 3. The Bertz CT molecular complexity index is 593. The Morgan fingerprint density at radius 3 is 2.68 bits per heavy atom. The molecule has 0 aromatic heterocycles. The highest BCUT2D eigenvalue weighted by Crippen LogP contribution is 2.31. The molecular weight excluding hydrogens is 280 g/mol. The van der Waals surface area contributed by atoms with Crippen LogP contribution < -0.4 is 10.1 Å². The molecule has 1 saturated heterocycles. The van der Waals surface area contributed by atoms with E-state index in [0.29, 0.717) is 18.8 Å². The number of amides is 2. The number of rotatable bonds is 3. The van der Waals surface area contributed by atoms with Crippen LogP contribution in [0, 0.1) is 0 Å². The average molecular weight is 304 g/mol. The van der Waals surface area contributed by atoms with Gasteiger partial charge in [-0.3, -0.25) is 9.59 Å². The van der Waals surface area contributed by atoms with E-state index in [1.165, 1.54) is 0 Å². The summed E-state index contributed by atoms with van der Waals surface area (Å²) in [6.07, 6.45) is 0. The number of nitrogens with zero attached hydrogens (tertiary/aromatic N) is 1. The Hall–Kier alpha value is -2.04. The number of carbonyl (C=O) groups excluding carboxylic acids is 2. The van der Waals surface area contributed by atoms with Crippen LogP contribution in [0.3, 0.4) is 0 Å². The third-order valence-corrected chi connectivity index (χ3v) is 4.42. The van der Waals surface area contributed by atoms with Crippen molar-refractivity contribution in [3.63, 3.8) is 0 Å². The molecule has 0 spiro atoms. The zero-order valence-corrected chi connectivity index (χ0v) is 13.9. The van der Waals surface area contributed by atoms with Crippen LogP contribution in [-0.4, -0.2) is 42.5 Å². The van der Waals surface area contributed by atoms with Crippen molar-refractivity contribution in [3.05, 3.63) is 29.8 Å². The Labute approximate surface area is 131 Å². The van der Waals surface area contributed by atoms with Crippen LogP contribution in [0.15, 0.2) is 24.3 Å². The van der Waals surface area contributed by atoms with Gasteiger partial charge in [-0.05, 0) is 45.4 Å². The average Bonchev–Trinajstić information content (AvgIpc) is 2.49. The number of piperazine rings is 1. The first-order valence-corrected chi connectivity index (χ1v) is 7.46. The minimum Gasteiger partial charge on any atom is -0.497 e. The van der Waals surface area contributed by atoms with Gasteiger partial charge >= 0.3 is 0 Å². The topological polar surface area (TPSA) is 58.6 Å². The smallest absolute Gasteiger partial charge is 0.245 e. The summed E-state index contributed by atoms with van der Waals surface area (Å²) in [6.45, 7) is 8.33. The first kappa shape index (κ1) is 16.3. The summed E-state index contributed by atoms with van der Waals surface area (Å²) in [6, 6.07) is 7.51. The Kier molecular flexibility index (Phi) is 4.18. The minimum absolute atomic E-state index is 0.0550. The lowest BCUT2D eigenvalue weighted by Gasteiger charge is -2.44. The van der Waals surface area contributed by atoms with E-state index in [-0.39, 0.29) is 11.8 Å². The van der Waals surface area contributed by atoms with Crippen molar-refractivity contribution in [1.82, 2.24) is 10.2 Å². The lowest BCUT2D eigenvalue weighted by molar-refractivity contribution is -0.152. The largest absolute Gasteiger partial charge is 0.497 e. The Morgan fingerprint density at radius 2 is 2.05 bits per heavy atom. The SMILES string of the molecule is COc1cccc(C(C)(C)C(=O)N2CCNC(=O)C2(C)C)c1. The van der Waals surface area contributed by atoms with Gasteiger partial charge in [0.1, 0.15) is 11.3 Å². The lowest BCUT2D eigenvalue weighted by atomic mass is 9.81. The fourth-order valence-electron chi connectivity index (χ4n) is 2.73. The van der Waals surface area contributed by atoms with Gasteiger partial charge in [0.15, 0.2) is 0 Å². The predicted molar refractivity (Wildman–Crippen MR) is 84.8 cm³/mol. The molecule has 0 radical (unpaired) electrons. The van der Waals surface area contributed by atoms with E-state index in [0.717, 1.165) is 5.56 Å². The van der Waals surface area contributed by atoms with E-state index >= 15 is 0 Å². The highest BCUT2D eigenvalue weighted by atomic mass is 16.5. The summed E-state index contributed by atoms with van der Waals surface area (Å²) in [5.41, 5.74) is -0.701. The van der Waals surface area contributed by atoms with Gasteiger partial charge in [0.25, 0.3) is 0 Å². The molecule has 2 amide bonds. The third-order valence-electron chi connectivity index (χ3n) is 4.42. The molecule has 2 rings (SSSR count). The molecule has 5 nitrogen and oxygen atoms in total. The summed E-state index contributed by atoms with van der Waals surface area (Å²) in [4.78, 5) is 26.8. The monoisotopic (exact) mass is 304 g/mol. The molecule has 120 valence electrons. The van der Waals surface area contributed by atoms with E-state index < -0.39 is 11.0 Å². The minimum atomic E-state index is -0.842. The van der Waals surface area contributed by atoms with Crippen molar-refractivity contribution in [2.45, 2.75) is 38.6 Å². The van der Waals surface area contributed by atoms with Crippen molar-refractivity contribution >= 4 is 11.8 Å². The number of ether oxygens (including phenoxy) is 1. The van der Waals surface area contributed by atoms with Crippen LogP contribution in [0.4, 0.5) is 0 Å². The maximum atomic E-state index is 13.1. The fraction of sp³-hybridized carbons (Fsp3) is 0.529. The molecule has 0 aliphatic carbocycles. The van der Waals surface area contributed by atoms with Crippen molar-refractivity contribution in [2.24, 2.45) is 0 Å². The molecule has 1 heterocycles. The quantitative estimate of drug-likeness (QED) is 0.925. The van der Waals surface area contributed by atoms with Crippen molar-refractivity contribution in [2.75, 3.05) is 20.2 Å². The van der Waals surface area contributed by atoms with Gasteiger partial charge < -0.3 is 15.0 Å². The molecular formula is C17H24N2O3. The Balaban J connectivity index is 2.35. The zero-order chi connectivity index (χ0) is 16.5. The number of nitrogens with one attached hydrogen (secondary N) is 1. The maximum Gasteiger partial charge on any atom is 0.245 e. The molecule has 0 bridgehead atoms. The molecule has 0 saturated carbocycles. The summed E-state index contributed by atoms with van der Waals surface area (Å²) in [7, 11) is 1.60. The zero-order valence-electron chi connectivity index (χ0n) is 13.9. The van der Waals surface area contributed by atoms with Gasteiger partial charge in [0.2, 0.25) is 11.8 Å². The Morgan fingerprint density at radius 1 is 1.36 bits per heavy atom. The van der Waals surface area contributed by atoms with Gasteiger partial charge in [-0.25, -0.2) is 0 Å². The van der Waals surface area contributed by atoms with Gasteiger partial charge in [-0.2, -0.15) is 0 Å². The van der Waals surface area contributed by atoms with Gasteiger partial charge in [-0.15, -0.1) is 0 Å². The van der Waals surface area contributed by atoms with E-state index in [2.05, 4.69) is 5.32 Å². The molecule has 5 heteroatoms. The lowest BCUT2D eigenvalue weighted by Crippen LogP contribution is -2.65. The molecule has 1 N–H and O–H groups in total. The maximum absolute atomic E-state index is 13.1. The predicted octanol–water partition coefficient (Wildman–Crippen LogP) is 1.71. The van der Waals surface area contributed by atoms with Crippen LogP contribution in [-0.2, 0) is 15.0 Å². The molecule has 1 aliphatic rings. The normalized spacial score (nSPS) is 17.9. The van der Waals surface area contributed by atoms with E-state index in [4.69, 9.17) is 4.74 Å². The number of benzene rings is 1. The number of carbonyl (C=O) groups is 2. The van der Waals surface area contributed by atoms with Gasteiger partial charge in [0, 0.05) is 13.1 Å². The van der Waals surface area contributed by atoms with Crippen LogP contribution in [0.1, 0.15) is 33.3 Å². The van der Waals surface area contributed by atoms with Crippen LogP contribution in [0.25, 0.3) is 0 Å². The molecule has 22 heavy (non-hydrogen) atoms. The third kappa shape index (κ3) is 2.67.